The summed E-state index contributed by atoms with van der Waals surface area (Å²) in [5.74, 6) is -0.728. The van der Waals surface area contributed by atoms with E-state index >= 15 is 0 Å². The third kappa shape index (κ3) is 7.23. The number of methoxy groups -OCH3 is 1. The second kappa shape index (κ2) is 11.2. The van der Waals surface area contributed by atoms with Crippen molar-refractivity contribution >= 4 is 33.9 Å². The molecule has 0 atom stereocenters. The molecule has 0 aromatic heterocycles. The fourth-order valence-corrected chi connectivity index (χ4v) is 3.00. The normalized spacial score (nSPS) is 10.7. The van der Waals surface area contributed by atoms with E-state index in [2.05, 4.69) is 21.2 Å². The lowest BCUT2D eigenvalue weighted by molar-refractivity contribution is -0.137. The summed E-state index contributed by atoms with van der Waals surface area (Å²) in [6, 6.07) is 9.78. The molecule has 0 heterocycles. The van der Waals surface area contributed by atoms with Gasteiger partial charge in [-0.2, -0.15) is 0 Å². The number of hydrogen-bond donors (Lipinski definition) is 2. The van der Waals surface area contributed by atoms with Crippen LogP contribution in [0.5, 0.6) is 11.5 Å². The minimum absolute atomic E-state index is 0.00246. The molecule has 29 heavy (non-hydrogen) atoms. The van der Waals surface area contributed by atoms with Crippen molar-refractivity contribution in [1.82, 2.24) is 5.32 Å². The van der Waals surface area contributed by atoms with E-state index in [1.165, 1.54) is 19.3 Å². The molecule has 6 nitrogen and oxygen atoms in total. The monoisotopic (exact) mass is 465 g/mol. The van der Waals surface area contributed by atoms with Crippen molar-refractivity contribution in [3.8, 4) is 11.5 Å². The van der Waals surface area contributed by atoms with E-state index in [1.807, 2.05) is 0 Å². The van der Waals surface area contributed by atoms with Gasteiger partial charge in [0.1, 0.15) is 12.4 Å². The number of nitrogens with one attached hydrogen (secondary N) is 1. The molecule has 0 spiro atoms. The number of amides is 1. The standard InChI is InChI=1S/C21H21BrFNO5/c1-28-18-12-14(8-9-19(25)24-10-4-7-20(26)27)11-16(22)21(18)29-13-15-5-2-3-6-17(15)23/h2-3,5-6,8-9,11-12H,4,7,10,13H2,1H3,(H,24,25)(H,26,27)/b9-8+. The number of carboxylic acid groups (broad SMARTS) is 1. The van der Waals surface area contributed by atoms with Crippen molar-refractivity contribution in [2.75, 3.05) is 13.7 Å². The fourth-order valence-electron chi connectivity index (χ4n) is 2.42. The highest BCUT2D eigenvalue weighted by molar-refractivity contribution is 9.10. The van der Waals surface area contributed by atoms with Gasteiger partial charge in [0.15, 0.2) is 11.5 Å². The van der Waals surface area contributed by atoms with E-state index in [9.17, 15) is 14.0 Å². The van der Waals surface area contributed by atoms with Gasteiger partial charge >= 0.3 is 5.97 Å². The van der Waals surface area contributed by atoms with Crippen LogP contribution in [0.3, 0.4) is 0 Å². The van der Waals surface area contributed by atoms with Gasteiger partial charge in [0.25, 0.3) is 0 Å². The van der Waals surface area contributed by atoms with Crippen molar-refractivity contribution < 1.29 is 28.6 Å². The van der Waals surface area contributed by atoms with Crippen LogP contribution >= 0.6 is 15.9 Å². The number of hydrogen-bond acceptors (Lipinski definition) is 4. The third-order valence-electron chi connectivity index (χ3n) is 3.88. The second-order valence-electron chi connectivity index (χ2n) is 6.04. The molecular formula is C21H21BrFNO5. The Bertz CT molecular complexity index is 901. The van der Waals surface area contributed by atoms with E-state index in [-0.39, 0.29) is 31.3 Å². The van der Waals surface area contributed by atoms with E-state index < -0.39 is 5.97 Å². The van der Waals surface area contributed by atoms with Gasteiger partial charge in [0.05, 0.1) is 11.6 Å². The first-order chi connectivity index (χ1) is 13.9. The Morgan fingerprint density at radius 1 is 1.28 bits per heavy atom. The average Bonchev–Trinajstić information content (AvgIpc) is 2.69. The van der Waals surface area contributed by atoms with Crippen molar-refractivity contribution in [2.45, 2.75) is 19.4 Å². The summed E-state index contributed by atoms with van der Waals surface area (Å²) >= 11 is 3.41. The highest BCUT2D eigenvalue weighted by Crippen LogP contribution is 2.37. The number of halogens is 2. The number of carboxylic acids is 1. The summed E-state index contributed by atoms with van der Waals surface area (Å²) in [6.07, 6.45) is 3.31. The van der Waals surface area contributed by atoms with Gasteiger partial charge in [-0.3, -0.25) is 9.59 Å². The fraction of sp³-hybridized carbons (Fsp3) is 0.238. The van der Waals surface area contributed by atoms with Crippen LogP contribution < -0.4 is 14.8 Å². The summed E-state index contributed by atoms with van der Waals surface area (Å²) in [7, 11) is 1.49. The largest absolute Gasteiger partial charge is 0.493 e. The zero-order chi connectivity index (χ0) is 21.2. The van der Waals surface area contributed by atoms with Crippen molar-refractivity contribution in [3.63, 3.8) is 0 Å². The molecular weight excluding hydrogens is 445 g/mol. The maximum atomic E-state index is 13.8. The van der Waals surface area contributed by atoms with Crippen molar-refractivity contribution in [1.29, 1.82) is 0 Å². The smallest absolute Gasteiger partial charge is 0.303 e. The Morgan fingerprint density at radius 2 is 2.03 bits per heavy atom. The zero-order valence-corrected chi connectivity index (χ0v) is 17.4. The summed E-state index contributed by atoms with van der Waals surface area (Å²) < 4.78 is 25.4. The van der Waals surface area contributed by atoms with Crippen LogP contribution in [0, 0.1) is 5.82 Å². The highest BCUT2D eigenvalue weighted by Gasteiger charge is 2.12. The van der Waals surface area contributed by atoms with Gasteiger partial charge in [-0.15, -0.1) is 0 Å². The van der Waals surface area contributed by atoms with E-state index in [0.29, 0.717) is 33.5 Å². The molecule has 0 bridgehead atoms. The zero-order valence-electron chi connectivity index (χ0n) is 15.8. The molecule has 1 amide bonds. The number of aliphatic carboxylic acids is 1. The van der Waals surface area contributed by atoms with Gasteiger partial charge in [-0.1, -0.05) is 18.2 Å². The lowest BCUT2D eigenvalue weighted by atomic mass is 10.1. The Balaban J connectivity index is 2.02. The second-order valence-corrected chi connectivity index (χ2v) is 6.89. The minimum Gasteiger partial charge on any atom is -0.493 e. The molecule has 2 aromatic carbocycles. The summed E-state index contributed by atoms with van der Waals surface area (Å²) in [4.78, 5) is 22.3. The third-order valence-corrected chi connectivity index (χ3v) is 4.46. The van der Waals surface area contributed by atoms with Crippen LogP contribution in [-0.2, 0) is 16.2 Å². The van der Waals surface area contributed by atoms with Gasteiger partial charge in [-0.25, -0.2) is 4.39 Å². The topological polar surface area (TPSA) is 84.9 Å². The molecule has 0 saturated heterocycles. The first kappa shape index (κ1) is 22.4. The van der Waals surface area contributed by atoms with Crippen LogP contribution in [0.2, 0.25) is 0 Å². The summed E-state index contributed by atoms with van der Waals surface area (Å²) in [5, 5.41) is 11.2. The van der Waals surface area contributed by atoms with Crippen LogP contribution in [0.4, 0.5) is 4.39 Å². The molecule has 0 aliphatic carbocycles. The summed E-state index contributed by atoms with van der Waals surface area (Å²) in [5.41, 5.74) is 1.11. The number of ether oxygens (including phenoxy) is 2. The predicted octanol–water partition coefficient (Wildman–Crippen LogP) is 4.17. The molecule has 8 heteroatoms. The SMILES string of the molecule is COc1cc(/C=C/C(=O)NCCCC(=O)O)cc(Br)c1OCc1ccccc1F. The van der Waals surface area contributed by atoms with Gasteiger partial charge in [0.2, 0.25) is 5.91 Å². The molecule has 0 aliphatic rings. The quantitative estimate of drug-likeness (QED) is 0.406. The molecule has 2 N–H and O–H groups in total. The molecule has 0 aliphatic heterocycles. The van der Waals surface area contributed by atoms with Gasteiger partial charge in [0, 0.05) is 24.6 Å². The van der Waals surface area contributed by atoms with Gasteiger partial charge in [-0.05, 0) is 52.2 Å². The number of carbonyl (C=O) groups is 2. The predicted molar refractivity (Wildman–Crippen MR) is 110 cm³/mol. The lowest BCUT2D eigenvalue weighted by Crippen LogP contribution is -2.22. The Morgan fingerprint density at radius 3 is 2.72 bits per heavy atom. The minimum atomic E-state index is -0.899. The molecule has 154 valence electrons. The number of rotatable bonds is 10. The summed E-state index contributed by atoms with van der Waals surface area (Å²) in [6.45, 7) is 0.320. The maximum absolute atomic E-state index is 13.8. The van der Waals surface area contributed by atoms with Crippen LogP contribution in [0.25, 0.3) is 6.08 Å². The van der Waals surface area contributed by atoms with E-state index in [1.54, 1.807) is 36.4 Å². The van der Waals surface area contributed by atoms with E-state index in [4.69, 9.17) is 14.6 Å². The van der Waals surface area contributed by atoms with Crippen LogP contribution in [0.1, 0.15) is 24.0 Å². The van der Waals surface area contributed by atoms with Crippen molar-refractivity contribution in [3.05, 3.63) is 63.9 Å². The Hall–Kier alpha value is -2.87. The van der Waals surface area contributed by atoms with Crippen molar-refractivity contribution in [2.24, 2.45) is 0 Å². The average molecular weight is 466 g/mol. The molecule has 0 fully saturated rings. The molecule has 0 radical (unpaired) electrons. The maximum Gasteiger partial charge on any atom is 0.303 e. The molecule has 0 saturated carbocycles. The number of carbonyl (C=O) groups excluding carboxylic acids is 1. The van der Waals surface area contributed by atoms with E-state index in [0.717, 1.165) is 0 Å². The van der Waals surface area contributed by atoms with Gasteiger partial charge < -0.3 is 19.9 Å². The molecule has 2 rings (SSSR count). The highest BCUT2D eigenvalue weighted by atomic mass is 79.9. The Kier molecular flexibility index (Phi) is 8.67. The first-order valence-electron chi connectivity index (χ1n) is 8.82. The lowest BCUT2D eigenvalue weighted by Gasteiger charge is -2.14. The molecule has 2 aromatic rings. The first-order valence-corrected chi connectivity index (χ1v) is 9.61. The van der Waals surface area contributed by atoms with Crippen LogP contribution in [-0.4, -0.2) is 30.6 Å². The van der Waals surface area contributed by atoms with Crippen LogP contribution in [0.15, 0.2) is 46.9 Å². The molecule has 0 unspecified atom stereocenters. The number of benzene rings is 2. The Labute approximate surface area is 176 Å².